The summed E-state index contributed by atoms with van der Waals surface area (Å²) in [5.74, 6) is 2.35. The number of nitrogens with one attached hydrogen (secondary N) is 1. The highest BCUT2D eigenvalue weighted by atomic mass is 16.5. The van der Waals surface area contributed by atoms with E-state index in [2.05, 4.69) is 10.5 Å². The van der Waals surface area contributed by atoms with Crippen molar-refractivity contribution >= 4 is 0 Å². The van der Waals surface area contributed by atoms with E-state index in [1.807, 2.05) is 38.1 Å². The van der Waals surface area contributed by atoms with Crippen LogP contribution >= 0.6 is 0 Å². The van der Waals surface area contributed by atoms with Crippen LogP contribution in [0.25, 0.3) is 0 Å². The van der Waals surface area contributed by atoms with Crippen molar-refractivity contribution in [3.05, 3.63) is 41.3 Å². The minimum atomic E-state index is 0.624. The van der Waals surface area contributed by atoms with Gasteiger partial charge in [0.15, 0.2) is 17.3 Å². The summed E-state index contributed by atoms with van der Waals surface area (Å²) in [6.07, 6.45) is 0. The molecule has 0 bridgehead atoms. The molecular formula is C15H20N2O3. The molecule has 0 atom stereocenters. The smallest absolute Gasteiger partial charge is 0.161 e. The van der Waals surface area contributed by atoms with Crippen LogP contribution in [0.5, 0.6) is 11.5 Å². The highest BCUT2D eigenvalue weighted by Crippen LogP contribution is 2.27. The fourth-order valence-corrected chi connectivity index (χ4v) is 1.93. The number of hydrogen-bond acceptors (Lipinski definition) is 5. The maximum absolute atomic E-state index is 5.49. The second-order valence-corrected chi connectivity index (χ2v) is 4.46. The molecule has 108 valence electrons. The first-order chi connectivity index (χ1) is 9.72. The number of benzene rings is 1. The van der Waals surface area contributed by atoms with Gasteiger partial charge in [0.25, 0.3) is 0 Å². The molecule has 0 aliphatic heterocycles. The van der Waals surface area contributed by atoms with E-state index in [1.54, 1.807) is 7.11 Å². The second kappa shape index (κ2) is 6.96. The molecule has 20 heavy (non-hydrogen) atoms. The van der Waals surface area contributed by atoms with Gasteiger partial charge in [0.2, 0.25) is 0 Å². The third-order valence-corrected chi connectivity index (χ3v) is 2.83. The predicted molar refractivity (Wildman–Crippen MR) is 75.9 cm³/mol. The lowest BCUT2D eigenvalue weighted by Gasteiger charge is -2.11. The van der Waals surface area contributed by atoms with Crippen LogP contribution in [0.15, 0.2) is 28.8 Å². The molecule has 2 aromatic rings. The van der Waals surface area contributed by atoms with Crippen LogP contribution in [0, 0.1) is 6.92 Å². The molecule has 0 saturated carbocycles. The van der Waals surface area contributed by atoms with Gasteiger partial charge in [-0.15, -0.1) is 0 Å². The number of ether oxygens (including phenoxy) is 2. The highest BCUT2D eigenvalue weighted by Gasteiger charge is 2.05. The van der Waals surface area contributed by atoms with Crippen LogP contribution in [0.1, 0.15) is 23.9 Å². The quantitative estimate of drug-likeness (QED) is 0.842. The summed E-state index contributed by atoms with van der Waals surface area (Å²) in [6.45, 7) is 5.86. The molecule has 1 heterocycles. The molecule has 2 rings (SSSR count). The summed E-state index contributed by atoms with van der Waals surface area (Å²) in [6, 6.07) is 7.85. The molecule has 5 heteroatoms. The minimum absolute atomic E-state index is 0.624. The average Bonchev–Trinajstić information content (AvgIpc) is 2.86. The van der Waals surface area contributed by atoms with Crippen LogP contribution in [0.2, 0.25) is 0 Å². The number of aryl methyl sites for hydroxylation is 1. The van der Waals surface area contributed by atoms with E-state index < -0.39 is 0 Å². The average molecular weight is 276 g/mol. The Balaban J connectivity index is 1.92. The molecule has 0 amide bonds. The maximum atomic E-state index is 5.49. The molecule has 0 radical (unpaired) electrons. The number of aromatic nitrogens is 1. The van der Waals surface area contributed by atoms with Crippen LogP contribution in [0.4, 0.5) is 0 Å². The summed E-state index contributed by atoms with van der Waals surface area (Å²) in [5.41, 5.74) is 2.02. The normalized spacial score (nSPS) is 10.6. The van der Waals surface area contributed by atoms with Gasteiger partial charge in [-0.3, -0.25) is 0 Å². The Morgan fingerprint density at radius 1 is 1.20 bits per heavy atom. The molecule has 0 saturated heterocycles. The van der Waals surface area contributed by atoms with Gasteiger partial charge >= 0.3 is 0 Å². The minimum Gasteiger partial charge on any atom is -0.493 e. The van der Waals surface area contributed by atoms with Gasteiger partial charge in [0, 0.05) is 12.6 Å². The Labute approximate surface area is 118 Å². The lowest BCUT2D eigenvalue weighted by atomic mass is 10.2. The maximum Gasteiger partial charge on any atom is 0.161 e. The summed E-state index contributed by atoms with van der Waals surface area (Å²) >= 11 is 0. The fourth-order valence-electron chi connectivity index (χ4n) is 1.93. The van der Waals surface area contributed by atoms with Gasteiger partial charge in [-0.2, -0.15) is 0 Å². The van der Waals surface area contributed by atoms with Crippen molar-refractivity contribution in [3.63, 3.8) is 0 Å². The number of hydrogen-bond donors (Lipinski definition) is 1. The van der Waals surface area contributed by atoms with Crippen molar-refractivity contribution in [2.75, 3.05) is 13.7 Å². The molecule has 0 aliphatic carbocycles. The van der Waals surface area contributed by atoms with E-state index in [4.69, 9.17) is 14.0 Å². The molecule has 5 nitrogen and oxygen atoms in total. The van der Waals surface area contributed by atoms with Crippen molar-refractivity contribution < 1.29 is 14.0 Å². The van der Waals surface area contributed by atoms with Crippen LogP contribution < -0.4 is 14.8 Å². The van der Waals surface area contributed by atoms with Crippen LogP contribution in [0.3, 0.4) is 0 Å². The monoisotopic (exact) mass is 276 g/mol. The van der Waals surface area contributed by atoms with Crippen molar-refractivity contribution in [3.8, 4) is 11.5 Å². The Kier molecular flexibility index (Phi) is 5.01. The molecule has 0 fully saturated rings. The van der Waals surface area contributed by atoms with Crippen molar-refractivity contribution in [1.82, 2.24) is 10.5 Å². The largest absolute Gasteiger partial charge is 0.493 e. The summed E-state index contributed by atoms with van der Waals surface area (Å²) in [5, 5.41) is 7.15. The van der Waals surface area contributed by atoms with Gasteiger partial charge in [0.1, 0.15) is 0 Å². The Morgan fingerprint density at radius 2 is 2.05 bits per heavy atom. The number of rotatable bonds is 7. The first-order valence-electron chi connectivity index (χ1n) is 6.65. The van der Waals surface area contributed by atoms with Crippen LogP contribution in [-0.2, 0) is 13.1 Å². The predicted octanol–water partition coefficient (Wildman–Crippen LogP) is 2.68. The zero-order chi connectivity index (χ0) is 14.4. The van der Waals surface area contributed by atoms with Crippen LogP contribution in [-0.4, -0.2) is 18.9 Å². The summed E-state index contributed by atoms with van der Waals surface area (Å²) < 4.78 is 16.0. The van der Waals surface area contributed by atoms with Gasteiger partial charge in [-0.1, -0.05) is 11.2 Å². The zero-order valence-electron chi connectivity index (χ0n) is 12.1. The summed E-state index contributed by atoms with van der Waals surface area (Å²) in [7, 11) is 1.65. The molecular weight excluding hydrogens is 256 g/mol. The third-order valence-electron chi connectivity index (χ3n) is 2.83. The highest BCUT2D eigenvalue weighted by molar-refractivity contribution is 5.42. The van der Waals surface area contributed by atoms with Crippen molar-refractivity contribution in [2.45, 2.75) is 26.9 Å². The fraction of sp³-hybridized carbons (Fsp3) is 0.400. The van der Waals surface area contributed by atoms with Gasteiger partial charge < -0.3 is 19.3 Å². The van der Waals surface area contributed by atoms with E-state index in [9.17, 15) is 0 Å². The standard InChI is InChI=1S/C15H20N2O3/c1-4-19-14-6-5-12(8-15(14)18-3)9-16-10-13-7-11(2)17-20-13/h5-8,16H,4,9-10H2,1-3H3. The molecule has 1 N–H and O–H groups in total. The molecule has 1 aromatic heterocycles. The lowest BCUT2D eigenvalue weighted by Crippen LogP contribution is -2.12. The Bertz CT molecular complexity index is 552. The SMILES string of the molecule is CCOc1ccc(CNCc2cc(C)no2)cc1OC. The zero-order valence-corrected chi connectivity index (χ0v) is 12.1. The number of nitrogens with zero attached hydrogens (tertiary/aromatic N) is 1. The van der Waals surface area contributed by atoms with E-state index in [1.165, 1.54) is 0 Å². The molecule has 0 aliphatic rings. The van der Waals surface area contributed by atoms with E-state index >= 15 is 0 Å². The molecule has 0 unspecified atom stereocenters. The van der Waals surface area contributed by atoms with Crippen molar-refractivity contribution in [2.24, 2.45) is 0 Å². The second-order valence-electron chi connectivity index (χ2n) is 4.46. The third kappa shape index (κ3) is 3.74. The van der Waals surface area contributed by atoms with Crippen molar-refractivity contribution in [1.29, 1.82) is 0 Å². The lowest BCUT2D eigenvalue weighted by molar-refractivity contribution is 0.310. The summed E-state index contributed by atoms with van der Waals surface area (Å²) in [4.78, 5) is 0. The number of methoxy groups -OCH3 is 1. The first-order valence-corrected chi connectivity index (χ1v) is 6.65. The first kappa shape index (κ1) is 14.4. The Morgan fingerprint density at radius 3 is 2.70 bits per heavy atom. The Hall–Kier alpha value is -2.01. The molecule has 1 aromatic carbocycles. The topological polar surface area (TPSA) is 56.5 Å². The van der Waals surface area contributed by atoms with Gasteiger partial charge in [0.05, 0.1) is 26.0 Å². The van der Waals surface area contributed by atoms with E-state index in [0.29, 0.717) is 13.2 Å². The molecule has 0 spiro atoms. The van der Waals surface area contributed by atoms with E-state index in [-0.39, 0.29) is 0 Å². The van der Waals surface area contributed by atoms with Gasteiger partial charge in [-0.05, 0) is 31.5 Å². The van der Waals surface area contributed by atoms with Gasteiger partial charge in [-0.25, -0.2) is 0 Å². The van der Waals surface area contributed by atoms with E-state index in [0.717, 1.165) is 35.1 Å².